The predicted molar refractivity (Wildman–Crippen MR) is 78.6 cm³/mol. The molecule has 18 heavy (non-hydrogen) atoms. The molecule has 1 aromatic carbocycles. The van der Waals surface area contributed by atoms with Crippen molar-refractivity contribution in [3.63, 3.8) is 0 Å². The molecule has 0 amide bonds. The highest BCUT2D eigenvalue weighted by atomic mass is 79.9. The van der Waals surface area contributed by atoms with E-state index >= 15 is 0 Å². The van der Waals surface area contributed by atoms with Gasteiger partial charge in [0.1, 0.15) is 5.82 Å². The lowest BCUT2D eigenvalue weighted by atomic mass is 10.1. The van der Waals surface area contributed by atoms with Crippen LogP contribution in [-0.4, -0.2) is 23.1 Å². The van der Waals surface area contributed by atoms with Gasteiger partial charge in [-0.15, -0.1) is 28.7 Å². The molecule has 0 aliphatic carbocycles. The number of rotatable bonds is 3. The number of ketones is 1. The van der Waals surface area contributed by atoms with Crippen LogP contribution >= 0.6 is 28.7 Å². The largest absolute Gasteiger partial charge is 0.357 e. The monoisotopic (exact) mass is 331 g/mol. The molecule has 1 aliphatic rings. The molecule has 1 aliphatic heterocycles. The van der Waals surface area contributed by atoms with E-state index in [9.17, 15) is 9.18 Å². The quantitative estimate of drug-likeness (QED) is 0.785. The molecule has 1 heterocycles. The Hall–Kier alpha value is -0.810. The highest BCUT2D eigenvalue weighted by molar-refractivity contribution is 8.93. The van der Waals surface area contributed by atoms with Crippen molar-refractivity contribution in [3.8, 4) is 0 Å². The van der Waals surface area contributed by atoms with E-state index in [1.807, 2.05) is 11.8 Å². The van der Waals surface area contributed by atoms with Gasteiger partial charge in [0.25, 0.3) is 0 Å². The Morgan fingerprint density at radius 2 is 1.94 bits per heavy atom. The first-order valence-electron chi connectivity index (χ1n) is 5.42. The molecule has 0 fully saturated rings. The number of nitrogens with zero attached hydrogens (tertiary/aromatic N) is 1. The SMILES string of the molecule is Br.CC1=C(C)N(CC(=O)c2ccc(F)cc2)CS1. The number of Topliss-reactive ketones (excluding diaryl/α,β-unsaturated/α-hetero) is 1. The van der Waals surface area contributed by atoms with Crippen molar-refractivity contribution in [2.45, 2.75) is 13.8 Å². The van der Waals surface area contributed by atoms with Crippen LogP contribution in [0.25, 0.3) is 0 Å². The average Bonchev–Trinajstić information content (AvgIpc) is 2.62. The zero-order valence-corrected chi connectivity index (χ0v) is 12.8. The lowest BCUT2D eigenvalue weighted by Gasteiger charge is -2.18. The van der Waals surface area contributed by atoms with E-state index in [2.05, 4.69) is 6.92 Å². The third kappa shape index (κ3) is 3.36. The number of allylic oxidation sites excluding steroid dienone is 2. The molecule has 98 valence electrons. The first kappa shape index (κ1) is 15.2. The molecule has 2 rings (SSSR count). The van der Waals surface area contributed by atoms with Crippen molar-refractivity contribution in [1.82, 2.24) is 4.90 Å². The predicted octanol–water partition coefficient (Wildman–Crippen LogP) is 3.84. The number of hydrogen-bond acceptors (Lipinski definition) is 3. The molecular formula is C13H15BrFNOS. The van der Waals surface area contributed by atoms with Crippen LogP contribution in [-0.2, 0) is 0 Å². The number of carbonyl (C=O) groups is 1. The van der Waals surface area contributed by atoms with Gasteiger partial charge in [0.2, 0.25) is 0 Å². The normalized spacial score (nSPS) is 14.7. The van der Waals surface area contributed by atoms with Crippen LogP contribution in [0, 0.1) is 5.82 Å². The van der Waals surface area contributed by atoms with Crippen molar-refractivity contribution in [2.24, 2.45) is 0 Å². The number of benzene rings is 1. The Morgan fingerprint density at radius 1 is 1.33 bits per heavy atom. The maximum Gasteiger partial charge on any atom is 0.182 e. The Balaban J connectivity index is 0.00000162. The number of carbonyl (C=O) groups excluding carboxylic acids is 1. The third-order valence-electron chi connectivity index (χ3n) is 2.92. The maximum absolute atomic E-state index is 12.7. The highest BCUT2D eigenvalue weighted by Gasteiger charge is 2.19. The summed E-state index contributed by atoms with van der Waals surface area (Å²) in [6, 6.07) is 5.71. The summed E-state index contributed by atoms with van der Waals surface area (Å²) < 4.78 is 12.7. The van der Waals surface area contributed by atoms with E-state index in [0.29, 0.717) is 12.1 Å². The Morgan fingerprint density at radius 3 is 2.44 bits per heavy atom. The number of halogens is 2. The fourth-order valence-corrected chi connectivity index (χ4v) is 2.64. The fraction of sp³-hybridized carbons (Fsp3) is 0.308. The van der Waals surface area contributed by atoms with Crippen LogP contribution in [0.5, 0.6) is 0 Å². The molecule has 5 heteroatoms. The van der Waals surface area contributed by atoms with Crippen LogP contribution in [0.3, 0.4) is 0 Å². The van der Waals surface area contributed by atoms with Gasteiger partial charge in [-0.05, 0) is 38.1 Å². The number of hydrogen-bond donors (Lipinski definition) is 0. The van der Waals surface area contributed by atoms with Gasteiger partial charge in [-0.25, -0.2) is 4.39 Å². The molecule has 0 aromatic heterocycles. The van der Waals surface area contributed by atoms with E-state index in [1.54, 1.807) is 11.8 Å². The Kier molecular flexibility index (Phi) is 5.41. The van der Waals surface area contributed by atoms with Crippen LogP contribution in [0.15, 0.2) is 34.9 Å². The molecular weight excluding hydrogens is 317 g/mol. The van der Waals surface area contributed by atoms with E-state index in [4.69, 9.17) is 0 Å². The number of thioether (sulfide) groups is 1. The molecule has 2 nitrogen and oxygen atoms in total. The summed E-state index contributed by atoms with van der Waals surface area (Å²) in [6.07, 6.45) is 0. The maximum atomic E-state index is 12.7. The van der Waals surface area contributed by atoms with E-state index < -0.39 is 0 Å². The molecule has 1 aromatic rings. The topological polar surface area (TPSA) is 20.3 Å². The Bertz CT molecular complexity index is 472. The second-order valence-corrected chi connectivity index (χ2v) is 5.20. The minimum atomic E-state index is -0.315. The molecule has 0 saturated carbocycles. The van der Waals surface area contributed by atoms with E-state index in [1.165, 1.54) is 29.2 Å². The first-order chi connectivity index (χ1) is 8.08. The highest BCUT2D eigenvalue weighted by Crippen LogP contribution is 2.30. The summed E-state index contributed by atoms with van der Waals surface area (Å²) in [5.74, 6) is 0.537. The van der Waals surface area contributed by atoms with Gasteiger partial charge in [0, 0.05) is 16.2 Å². The van der Waals surface area contributed by atoms with Crippen molar-refractivity contribution in [2.75, 3.05) is 12.4 Å². The Labute approximate surface area is 121 Å². The van der Waals surface area contributed by atoms with Gasteiger partial charge in [0.05, 0.1) is 12.4 Å². The van der Waals surface area contributed by atoms with Crippen LogP contribution in [0.1, 0.15) is 24.2 Å². The molecule has 0 spiro atoms. The van der Waals surface area contributed by atoms with Crippen molar-refractivity contribution >= 4 is 34.5 Å². The van der Waals surface area contributed by atoms with Gasteiger partial charge in [-0.3, -0.25) is 4.79 Å². The second kappa shape index (κ2) is 6.38. The van der Waals surface area contributed by atoms with Crippen molar-refractivity contribution in [3.05, 3.63) is 46.2 Å². The van der Waals surface area contributed by atoms with Crippen LogP contribution in [0.2, 0.25) is 0 Å². The van der Waals surface area contributed by atoms with Gasteiger partial charge in [-0.2, -0.15) is 0 Å². The summed E-state index contributed by atoms with van der Waals surface area (Å²) >= 11 is 1.75. The van der Waals surface area contributed by atoms with E-state index in [-0.39, 0.29) is 28.6 Å². The van der Waals surface area contributed by atoms with Crippen LogP contribution < -0.4 is 0 Å². The molecule has 0 atom stereocenters. The standard InChI is InChI=1S/C13H14FNOS.BrH/c1-9-10(2)17-8-15(9)7-13(16)11-3-5-12(14)6-4-11;/h3-6H,7-8H2,1-2H3;1H. The smallest absolute Gasteiger partial charge is 0.182 e. The van der Waals surface area contributed by atoms with Crippen LogP contribution in [0.4, 0.5) is 4.39 Å². The molecule has 0 N–H and O–H groups in total. The minimum absolute atomic E-state index is 0. The lowest BCUT2D eigenvalue weighted by Crippen LogP contribution is -2.25. The average molecular weight is 332 g/mol. The van der Waals surface area contributed by atoms with Crippen molar-refractivity contribution in [1.29, 1.82) is 0 Å². The summed E-state index contributed by atoms with van der Waals surface area (Å²) in [4.78, 5) is 15.3. The lowest BCUT2D eigenvalue weighted by molar-refractivity contribution is 0.0958. The molecule has 0 saturated heterocycles. The first-order valence-corrected chi connectivity index (χ1v) is 6.40. The second-order valence-electron chi connectivity index (χ2n) is 4.04. The molecule has 0 radical (unpaired) electrons. The van der Waals surface area contributed by atoms with Gasteiger partial charge in [0.15, 0.2) is 5.78 Å². The summed E-state index contributed by atoms with van der Waals surface area (Å²) in [5, 5.41) is 0. The summed E-state index contributed by atoms with van der Waals surface area (Å²) in [5.41, 5.74) is 1.72. The zero-order valence-electron chi connectivity index (χ0n) is 10.3. The zero-order chi connectivity index (χ0) is 12.4. The third-order valence-corrected chi connectivity index (χ3v) is 4.09. The molecule has 0 bridgehead atoms. The summed E-state index contributed by atoms with van der Waals surface area (Å²) in [7, 11) is 0. The fourth-order valence-electron chi connectivity index (χ4n) is 1.66. The van der Waals surface area contributed by atoms with Crippen molar-refractivity contribution < 1.29 is 9.18 Å². The van der Waals surface area contributed by atoms with E-state index in [0.717, 1.165) is 11.6 Å². The summed E-state index contributed by atoms with van der Waals surface area (Å²) in [6.45, 7) is 4.44. The minimum Gasteiger partial charge on any atom is -0.357 e. The van der Waals surface area contributed by atoms with Gasteiger partial charge in [-0.1, -0.05) is 0 Å². The van der Waals surface area contributed by atoms with Gasteiger partial charge < -0.3 is 4.90 Å². The molecule has 0 unspecified atom stereocenters. The van der Waals surface area contributed by atoms with Gasteiger partial charge >= 0.3 is 0 Å².